The lowest BCUT2D eigenvalue weighted by Gasteiger charge is -2.20. The molecule has 0 unspecified atom stereocenters. The van der Waals surface area contributed by atoms with Crippen molar-refractivity contribution in [2.24, 2.45) is 4.99 Å². The van der Waals surface area contributed by atoms with Gasteiger partial charge in [0.15, 0.2) is 0 Å². The van der Waals surface area contributed by atoms with Crippen LogP contribution >= 0.6 is 12.4 Å². The van der Waals surface area contributed by atoms with Gasteiger partial charge in [0.25, 0.3) is 0 Å². The maximum absolute atomic E-state index is 4.71. The molecule has 1 aromatic carbocycles. The van der Waals surface area contributed by atoms with Gasteiger partial charge < -0.3 is 0 Å². The van der Waals surface area contributed by atoms with Crippen molar-refractivity contribution in [1.82, 2.24) is 10.4 Å². The molecule has 0 spiro atoms. The fraction of sp³-hybridized carbons (Fsp3) is 0.444. The van der Waals surface area contributed by atoms with Gasteiger partial charge in [-0.1, -0.05) is 57.2 Å². The Morgan fingerprint density at radius 1 is 0.957 bits per heavy atom. The molecule has 0 aliphatic carbocycles. The van der Waals surface area contributed by atoms with Crippen molar-refractivity contribution in [2.75, 3.05) is 5.43 Å². The number of aromatic nitrogens is 1. The summed E-state index contributed by atoms with van der Waals surface area (Å²) in [5.41, 5.74) is 9.48. The quantitative estimate of drug-likeness (QED) is 0.670. The molecule has 0 amide bonds. The molecule has 1 aliphatic heterocycles. The third-order valence-electron chi connectivity index (χ3n) is 4.11. The molecular weight excluding hydrogens is 308 g/mol. The summed E-state index contributed by atoms with van der Waals surface area (Å²) in [5.74, 6) is 1.01. The first-order valence-electron chi connectivity index (χ1n) is 8.36. The van der Waals surface area contributed by atoms with Gasteiger partial charge in [0.1, 0.15) is 11.5 Å². The van der Waals surface area contributed by atoms with E-state index in [-0.39, 0.29) is 12.4 Å². The van der Waals surface area contributed by atoms with E-state index in [0.29, 0.717) is 0 Å². The van der Waals surface area contributed by atoms with E-state index < -0.39 is 0 Å². The highest BCUT2D eigenvalue weighted by Crippen LogP contribution is 2.33. The van der Waals surface area contributed by atoms with Crippen LogP contribution < -0.4 is 10.9 Å². The number of nitrogens with zero attached hydrogens (tertiary/aromatic N) is 2. The van der Waals surface area contributed by atoms with Gasteiger partial charge in [0.05, 0.1) is 17.4 Å². The molecule has 5 heteroatoms. The van der Waals surface area contributed by atoms with Crippen molar-refractivity contribution < 1.29 is 0 Å². The van der Waals surface area contributed by atoms with E-state index in [1.165, 1.54) is 38.5 Å². The lowest BCUT2D eigenvalue weighted by atomic mass is 10.1. The molecule has 1 aromatic heterocycles. The molecule has 124 valence electrons. The van der Waals surface area contributed by atoms with Gasteiger partial charge in [-0.25, -0.2) is 4.99 Å². The van der Waals surface area contributed by atoms with Crippen LogP contribution in [0, 0.1) is 0 Å². The van der Waals surface area contributed by atoms with Crippen LogP contribution in [-0.2, 0) is 0 Å². The highest BCUT2D eigenvalue weighted by atomic mass is 35.5. The third-order valence-corrected chi connectivity index (χ3v) is 4.11. The molecule has 4 nitrogen and oxygen atoms in total. The van der Waals surface area contributed by atoms with Gasteiger partial charge in [-0.15, -0.1) is 12.4 Å². The van der Waals surface area contributed by atoms with Crippen LogP contribution in [0.1, 0.15) is 51.9 Å². The number of para-hydroxylation sites is 1. The largest absolute Gasteiger partial charge is 0.297 e. The zero-order chi connectivity index (χ0) is 15.2. The van der Waals surface area contributed by atoms with E-state index in [4.69, 9.17) is 4.99 Å². The molecule has 0 saturated heterocycles. The Labute approximate surface area is 144 Å². The number of rotatable bonds is 7. The van der Waals surface area contributed by atoms with Crippen LogP contribution in [0.3, 0.4) is 0 Å². The zero-order valence-corrected chi connectivity index (χ0v) is 14.5. The van der Waals surface area contributed by atoms with Gasteiger partial charge >= 0.3 is 0 Å². The van der Waals surface area contributed by atoms with Crippen molar-refractivity contribution in [3.8, 4) is 0 Å². The Kier molecular flexibility index (Phi) is 6.66. The number of nitrogens with one attached hydrogen (secondary N) is 2. The number of halogens is 1. The summed E-state index contributed by atoms with van der Waals surface area (Å²) in [6.45, 7) is 2.25. The molecule has 2 N–H and O–H groups in total. The minimum Gasteiger partial charge on any atom is -0.297 e. The Bertz CT molecular complexity index is 669. The van der Waals surface area contributed by atoms with Crippen LogP contribution in [0.25, 0.3) is 10.9 Å². The maximum atomic E-state index is 4.71. The SMILES string of the molecule is CCCCCCCCC1=Nc2cnc3ccccc3c2NN1.Cl. The van der Waals surface area contributed by atoms with Gasteiger partial charge in [-0.2, -0.15) is 0 Å². The fourth-order valence-corrected chi connectivity index (χ4v) is 2.85. The summed E-state index contributed by atoms with van der Waals surface area (Å²) in [4.78, 5) is 9.19. The average molecular weight is 333 g/mol. The highest BCUT2D eigenvalue weighted by Gasteiger charge is 2.13. The third kappa shape index (κ3) is 4.35. The summed E-state index contributed by atoms with van der Waals surface area (Å²) in [6, 6.07) is 8.13. The van der Waals surface area contributed by atoms with Gasteiger partial charge in [-0.05, 0) is 12.5 Å². The highest BCUT2D eigenvalue weighted by molar-refractivity contribution is 6.01. The molecule has 0 fully saturated rings. The normalized spacial score (nSPS) is 12.7. The van der Waals surface area contributed by atoms with E-state index in [1.54, 1.807) is 0 Å². The summed E-state index contributed by atoms with van der Waals surface area (Å²) < 4.78 is 0. The predicted octanol–water partition coefficient (Wildman–Crippen LogP) is 5.37. The molecular formula is C18H25ClN4. The fourth-order valence-electron chi connectivity index (χ4n) is 2.85. The number of anilines is 1. The number of hydrogen-bond acceptors (Lipinski definition) is 4. The van der Waals surface area contributed by atoms with Gasteiger partial charge in [0.2, 0.25) is 0 Å². The van der Waals surface area contributed by atoms with E-state index in [1.807, 2.05) is 24.4 Å². The second-order valence-corrected chi connectivity index (χ2v) is 5.86. The first kappa shape index (κ1) is 17.5. The number of hydrogen-bond donors (Lipinski definition) is 2. The molecule has 0 bridgehead atoms. The molecule has 23 heavy (non-hydrogen) atoms. The van der Waals surface area contributed by atoms with E-state index >= 15 is 0 Å². The average Bonchev–Trinajstić information content (AvgIpc) is 2.57. The first-order valence-corrected chi connectivity index (χ1v) is 8.36. The molecule has 0 saturated carbocycles. The minimum atomic E-state index is 0. The van der Waals surface area contributed by atoms with Crippen molar-refractivity contribution in [3.05, 3.63) is 30.5 Å². The summed E-state index contributed by atoms with van der Waals surface area (Å²) >= 11 is 0. The number of amidine groups is 1. The number of unbranched alkanes of at least 4 members (excludes halogenated alkanes) is 5. The van der Waals surface area contributed by atoms with Gasteiger partial charge in [0, 0.05) is 11.8 Å². The Morgan fingerprint density at radius 2 is 1.74 bits per heavy atom. The summed E-state index contributed by atoms with van der Waals surface area (Å²) in [7, 11) is 0. The topological polar surface area (TPSA) is 49.3 Å². The maximum Gasteiger partial charge on any atom is 0.121 e. The van der Waals surface area contributed by atoms with Crippen LogP contribution in [-0.4, -0.2) is 10.8 Å². The molecule has 1 aliphatic rings. The van der Waals surface area contributed by atoms with Crippen LogP contribution in [0.5, 0.6) is 0 Å². The van der Waals surface area contributed by atoms with E-state index in [0.717, 1.165) is 34.5 Å². The van der Waals surface area contributed by atoms with Crippen molar-refractivity contribution in [2.45, 2.75) is 51.9 Å². The second kappa shape index (κ2) is 8.73. The molecule has 0 radical (unpaired) electrons. The number of fused-ring (bicyclic) bond motifs is 3. The number of hydrazine groups is 1. The van der Waals surface area contributed by atoms with E-state index in [9.17, 15) is 0 Å². The number of benzene rings is 1. The van der Waals surface area contributed by atoms with Crippen LogP contribution in [0.2, 0.25) is 0 Å². The zero-order valence-electron chi connectivity index (χ0n) is 13.6. The monoisotopic (exact) mass is 332 g/mol. The predicted molar refractivity (Wildman–Crippen MR) is 101 cm³/mol. The first-order chi connectivity index (χ1) is 10.9. The van der Waals surface area contributed by atoms with E-state index in [2.05, 4.69) is 28.8 Å². The Morgan fingerprint density at radius 3 is 2.61 bits per heavy atom. The molecule has 2 aromatic rings. The number of pyridine rings is 1. The van der Waals surface area contributed by atoms with Crippen LogP contribution in [0.4, 0.5) is 11.4 Å². The lowest BCUT2D eigenvalue weighted by molar-refractivity contribution is 0.613. The van der Waals surface area contributed by atoms with Crippen molar-refractivity contribution >= 4 is 40.5 Å². The Hall–Kier alpha value is -1.81. The molecule has 0 atom stereocenters. The smallest absolute Gasteiger partial charge is 0.121 e. The molecule has 3 rings (SSSR count). The summed E-state index contributed by atoms with van der Waals surface area (Å²) in [5, 5.41) is 1.11. The second-order valence-electron chi connectivity index (χ2n) is 5.86. The Balaban J connectivity index is 0.00000192. The summed E-state index contributed by atoms with van der Waals surface area (Å²) in [6.07, 6.45) is 10.7. The minimum absolute atomic E-state index is 0. The standard InChI is InChI=1S/C18H24N4.ClH/c1-2-3-4-5-6-7-12-17-20-16-13-19-15-11-9-8-10-14(15)18(16)22-21-17;/h8-11,13,22H,2-7,12H2,1H3,(H,20,21);1H. The lowest BCUT2D eigenvalue weighted by Crippen LogP contribution is -2.32. The van der Waals surface area contributed by atoms with Crippen molar-refractivity contribution in [3.63, 3.8) is 0 Å². The van der Waals surface area contributed by atoms with Gasteiger partial charge in [-0.3, -0.25) is 15.8 Å². The molecule has 2 heterocycles. The van der Waals surface area contributed by atoms with Crippen LogP contribution in [0.15, 0.2) is 35.5 Å². The number of aliphatic imine (C=N–C) groups is 1. The van der Waals surface area contributed by atoms with Crippen molar-refractivity contribution in [1.29, 1.82) is 0 Å².